The fraction of sp³-hybridized carbons (Fsp3) is 1.00. The molecule has 6 heteroatoms. The molecule has 0 aromatic rings. The van der Waals surface area contributed by atoms with Crippen molar-refractivity contribution in [1.29, 1.82) is 0 Å². The van der Waals surface area contributed by atoms with E-state index in [0.29, 0.717) is 6.42 Å². The lowest BCUT2D eigenvalue weighted by molar-refractivity contribution is 0.462. The number of unbranched alkanes of at least 4 members (excludes halogenated alkanes) is 13. The van der Waals surface area contributed by atoms with Crippen LogP contribution in [0.3, 0.4) is 0 Å². The molecule has 0 aliphatic heterocycles. The van der Waals surface area contributed by atoms with E-state index in [4.69, 9.17) is 0 Å². The summed E-state index contributed by atoms with van der Waals surface area (Å²) in [6.07, 6.45) is 20.1. The second-order valence-electron chi connectivity index (χ2n) is 7.31. The molecule has 0 saturated heterocycles. The van der Waals surface area contributed by atoms with Gasteiger partial charge >= 0.3 is 0 Å². The van der Waals surface area contributed by atoms with Gasteiger partial charge < -0.3 is 4.55 Å². The monoisotopic (exact) mass is 426 g/mol. The first kappa shape index (κ1) is 29.4. The summed E-state index contributed by atoms with van der Waals surface area (Å²) in [6.45, 7) is 6.01. The maximum atomic E-state index is 9.68. The predicted octanol–water partition coefficient (Wildman–Crippen LogP) is 6.52. The Hall–Kier alpha value is 0.220. The second-order valence-corrected chi connectivity index (χ2v) is 10.7. The molecule has 0 fully saturated rings. The van der Waals surface area contributed by atoms with Crippen LogP contribution in [0.25, 0.3) is 0 Å². The molecule has 0 aliphatic carbocycles. The summed E-state index contributed by atoms with van der Waals surface area (Å²) in [7, 11) is -3.92. The van der Waals surface area contributed by atoms with Crippen LogP contribution >= 0.6 is 0 Å². The van der Waals surface area contributed by atoms with Crippen molar-refractivity contribution in [2.24, 2.45) is 0 Å². The van der Waals surface area contributed by atoms with Crippen molar-refractivity contribution in [3.63, 3.8) is 0 Å². The lowest BCUT2D eigenvalue weighted by atomic mass is 10.0. The van der Waals surface area contributed by atoms with Gasteiger partial charge in [-0.15, -0.1) is 0 Å². The van der Waals surface area contributed by atoms with Crippen molar-refractivity contribution in [1.82, 2.24) is 0 Å². The molecule has 0 bridgehead atoms. The third kappa shape index (κ3) is 31.2. The summed E-state index contributed by atoms with van der Waals surface area (Å²) >= 11 is -0.293. The molecule has 27 heavy (non-hydrogen) atoms. The summed E-state index contributed by atoms with van der Waals surface area (Å²) in [5, 5.41) is 0. The molecular formula is C21H46O4S2. The molecule has 166 valence electrons. The molecular weight excluding hydrogens is 380 g/mol. The SMILES string of the molecule is CCCCCCCCCCCCCCCC[S+](O)CC.CCCS(=O)(=O)[O-]. The molecule has 0 heterocycles. The Balaban J connectivity index is 0. The summed E-state index contributed by atoms with van der Waals surface area (Å²) in [5.41, 5.74) is 0. The van der Waals surface area contributed by atoms with Gasteiger partial charge in [0.15, 0.2) is 0 Å². The molecule has 0 rings (SSSR count). The third-order valence-electron chi connectivity index (χ3n) is 4.52. The molecule has 1 N–H and O–H groups in total. The molecule has 0 aromatic carbocycles. The van der Waals surface area contributed by atoms with Gasteiger partial charge in [-0.2, -0.15) is 4.55 Å². The van der Waals surface area contributed by atoms with Crippen LogP contribution in [0.4, 0.5) is 0 Å². The first-order chi connectivity index (χ1) is 12.9. The van der Waals surface area contributed by atoms with Gasteiger partial charge in [-0.25, -0.2) is 8.42 Å². The summed E-state index contributed by atoms with van der Waals surface area (Å²) in [4.78, 5) is 0. The van der Waals surface area contributed by atoms with Crippen LogP contribution in [0.1, 0.15) is 117 Å². The van der Waals surface area contributed by atoms with Crippen LogP contribution < -0.4 is 0 Å². The van der Waals surface area contributed by atoms with Crippen molar-refractivity contribution in [3.05, 3.63) is 0 Å². The summed E-state index contributed by atoms with van der Waals surface area (Å²) in [5.74, 6) is 1.74. The van der Waals surface area contributed by atoms with Crippen molar-refractivity contribution in [3.8, 4) is 0 Å². The van der Waals surface area contributed by atoms with Crippen LogP contribution in [0.15, 0.2) is 0 Å². The van der Waals surface area contributed by atoms with E-state index < -0.39 is 10.1 Å². The maximum absolute atomic E-state index is 9.68. The van der Waals surface area contributed by atoms with Crippen LogP contribution in [0.5, 0.6) is 0 Å². The van der Waals surface area contributed by atoms with E-state index in [1.165, 1.54) is 89.9 Å². The zero-order chi connectivity index (χ0) is 20.8. The largest absolute Gasteiger partial charge is 0.748 e. The van der Waals surface area contributed by atoms with Gasteiger partial charge in [-0.3, -0.25) is 0 Å². The molecule has 0 spiro atoms. The Morgan fingerprint density at radius 3 is 1.30 bits per heavy atom. The minimum Gasteiger partial charge on any atom is -0.748 e. The van der Waals surface area contributed by atoms with Crippen LogP contribution in [-0.4, -0.2) is 34.8 Å². The quantitative estimate of drug-likeness (QED) is 0.154. The van der Waals surface area contributed by atoms with Crippen molar-refractivity contribution in [2.45, 2.75) is 117 Å². The average Bonchev–Trinajstić information content (AvgIpc) is 2.61. The average molecular weight is 427 g/mol. The van der Waals surface area contributed by atoms with E-state index in [-0.39, 0.29) is 16.9 Å². The van der Waals surface area contributed by atoms with E-state index in [1.807, 2.05) is 0 Å². The van der Waals surface area contributed by atoms with Gasteiger partial charge in [-0.1, -0.05) is 90.9 Å². The van der Waals surface area contributed by atoms with Crippen LogP contribution in [0.2, 0.25) is 0 Å². The van der Waals surface area contributed by atoms with Gasteiger partial charge in [0.25, 0.3) is 0 Å². The molecule has 0 radical (unpaired) electrons. The summed E-state index contributed by atoms with van der Waals surface area (Å²) < 4.78 is 38.5. The van der Waals surface area contributed by atoms with Gasteiger partial charge in [0, 0.05) is 5.75 Å². The Labute approximate surface area is 173 Å². The first-order valence-electron chi connectivity index (χ1n) is 11.2. The highest BCUT2D eigenvalue weighted by atomic mass is 32.2. The zero-order valence-electron chi connectivity index (χ0n) is 18.2. The number of rotatable bonds is 18. The normalized spacial score (nSPS) is 12.5. The topological polar surface area (TPSA) is 77.4 Å². The van der Waals surface area contributed by atoms with Crippen molar-refractivity contribution in [2.75, 3.05) is 17.3 Å². The molecule has 0 amide bonds. The second kappa shape index (κ2) is 22.5. The zero-order valence-corrected chi connectivity index (χ0v) is 19.8. The van der Waals surface area contributed by atoms with Crippen molar-refractivity contribution >= 4 is 21.3 Å². The molecule has 0 aromatic heterocycles. The van der Waals surface area contributed by atoms with Crippen LogP contribution in [0, 0.1) is 0 Å². The number of hydrogen-bond acceptors (Lipinski definition) is 4. The molecule has 4 nitrogen and oxygen atoms in total. The first-order valence-corrected chi connectivity index (χ1v) is 14.3. The Bertz CT molecular complexity index is 372. The highest BCUT2D eigenvalue weighted by molar-refractivity contribution is 7.91. The molecule has 0 saturated carbocycles. The molecule has 0 aliphatic rings. The fourth-order valence-electron chi connectivity index (χ4n) is 2.86. The lowest BCUT2D eigenvalue weighted by Crippen LogP contribution is -2.07. The van der Waals surface area contributed by atoms with Crippen LogP contribution in [-0.2, 0) is 21.3 Å². The van der Waals surface area contributed by atoms with E-state index in [0.717, 1.165) is 11.5 Å². The standard InChI is InChI=1S/C18H39OS.C3H8O3S/c1-3-5-6-7-8-9-10-11-12-13-14-15-16-17-18-20(19)4-2;1-2-3-7(4,5)6/h19H,3-18H2,1-2H3;2-3H2,1H3,(H,4,5,6)/q+1;/p-1. The highest BCUT2D eigenvalue weighted by Gasteiger charge is 2.09. The minimum atomic E-state index is -3.92. The predicted molar refractivity (Wildman–Crippen MR) is 121 cm³/mol. The Morgan fingerprint density at radius 2 is 1.04 bits per heavy atom. The molecule has 1 atom stereocenters. The Morgan fingerprint density at radius 1 is 0.667 bits per heavy atom. The van der Waals surface area contributed by atoms with Gasteiger partial charge in [0.05, 0.1) is 10.1 Å². The molecule has 1 unspecified atom stereocenters. The van der Waals surface area contributed by atoms with E-state index >= 15 is 0 Å². The van der Waals surface area contributed by atoms with E-state index in [9.17, 15) is 17.5 Å². The van der Waals surface area contributed by atoms with Gasteiger partial charge in [-0.05, 0) is 26.2 Å². The third-order valence-corrected chi connectivity index (χ3v) is 6.86. The van der Waals surface area contributed by atoms with E-state index in [1.54, 1.807) is 6.92 Å². The van der Waals surface area contributed by atoms with E-state index in [2.05, 4.69) is 13.8 Å². The smallest absolute Gasteiger partial charge is 0.143 e. The van der Waals surface area contributed by atoms with Gasteiger partial charge in [0.2, 0.25) is 0 Å². The van der Waals surface area contributed by atoms with Gasteiger partial charge in [0.1, 0.15) is 22.7 Å². The number of hydrogen-bond donors (Lipinski definition) is 1. The highest BCUT2D eigenvalue weighted by Crippen LogP contribution is 2.13. The van der Waals surface area contributed by atoms with Crippen molar-refractivity contribution < 1.29 is 17.5 Å². The maximum Gasteiger partial charge on any atom is 0.143 e. The fourth-order valence-corrected chi connectivity index (χ4v) is 4.18. The summed E-state index contributed by atoms with van der Waals surface area (Å²) in [6, 6.07) is 0. The minimum absolute atomic E-state index is 0.243. The Kier molecular flexibility index (Phi) is 24.5. The lowest BCUT2D eigenvalue weighted by Gasteiger charge is -2.03.